The van der Waals surface area contributed by atoms with Crippen molar-refractivity contribution in [2.45, 2.75) is 26.3 Å². The number of hydrogen-bond acceptors (Lipinski definition) is 6. The topological polar surface area (TPSA) is 96.4 Å². The number of aromatic nitrogens is 2. The lowest BCUT2D eigenvalue weighted by Gasteiger charge is -2.19. The number of hydrogen-bond donors (Lipinski definition) is 1. The maximum absolute atomic E-state index is 10.8. The van der Waals surface area contributed by atoms with Crippen LogP contribution in [0.25, 0.3) is 0 Å². The summed E-state index contributed by atoms with van der Waals surface area (Å²) in [4.78, 5) is 21.3. The maximum Gasteiger partial charge on any atom is 0.322 e. The number of carbonyl (C=O) groups excluding carboxylic acids is 2. The van der Waals surface area contributed by atoms with Gasteiger partial charge >= 0.3 is 5.97 Å². The summed E-state index contributed by atoms with van der Waals surface area (Å²) < 4.78 is 11.1. The molecule has 1 atom stereocenters. The molecule has 0 aliphatic rings. The van der Waals surface area contributed by atoms with E-state index in [1.54, 1.807) is 37.8 Å². The van der Waals surface area contributed by atoms with E-state index in [1.165, 1.54) is 7.11 Å². The first-order valence-corrected chi connectivity index (χ1v) is 6.61. The number of aryl methyl sites for hydroxylation is 1. The van der Waals surface area contributed by atoms with Crippen molar-refractivity contribution < 1.29 is 19.1 Å². The second-order valence-corrected chi connectivity index (χ2v) is 5.23. The Bertz CT molecular complexity index is 517. The van der Waals surface area contributed by atoms with Crippen molar-refractivity contribution in [3.8, 4) is 18.2 Å². The van der Waals surface area contributed by atoms with Gasteiger partial charge in [0.1, 0.15) is 12.3 Å². The smallest absolute Gasteiger partial charge is 0.322 e. The molecule has 0 aliphatic heterocycles. The van der Waals surface area contributed by atoms with Crippen LogP contribution in [-0.4, -0.2) is 41.8 Å². The van der Waals surface area contributed by atoms with Crippen LogP contribution >= 0.6 is 0 Å². The first kappa shape index (κ1) is 19.7. The molecule has 0 saturated carbocycles. The molecule has 0 aliphatic carbocycles. The third-order valence-electron chi connectivity index (χ3n) is 2.65. The fourth-order valence-electron chi connectivity index (χ4n) is 1.47. The summed E-state index contributed by atoms with van der Waals surface area (Å²) in [7, 11) is 3.07. The van der Waals surface area contributed by atoms with Crippen LogP contribution in [0, 0.1) is 17.8 Å². The molecule has 0 radical (unpaired) electrons. The zero-order valence-corrected chi connectivity index (χ0v) is 13.4. The monoisotopic (exact) mass is 309 g/mol. The van der Waals surface area contributed by atoms with Gasteiger partial charge in [0.2, 0.25) is 5.88 Å². The molecule has 22 heavy (non-hydrogen) atoms. The summed E-state index contributed by atoms with van der Waals surface area (Å²) >= 11 is 0. The third kappa shape index (κ3) is 7.45. The molecular formula is C15H23N3O4. The van der Waals surface area contributed by atoms with Crippen molar-refractivity contribution in [3.05, 3.63) is 12.3 Å². The number of aldehydes is 1. The van der Waals surface area contributed by atoms with Gasteiger partial charge in [-0.1, -0.05) is 19.8 Å². The lowest BCUT2D eigenvalue weighted by Crippen LogP contribution is -2.36. The quantitative estimate of drug-likeness (QED) is 0.468. The highest BCUT2D eigenvalue weighted by atomic mass is 16.5. The fourth-order valence-corrected chi connectivity index (χ4v) is 1.47. The number of nitrogens with two attached hydrogens (primary N) is 1. The van der Waals surface area contributed by atoms with Crippen molar-refractivity contribution in [2.24, 2.45) is 18.2 Å². The van der Waals surface area contributed by atoms with Crippen molar-refractivity contribution in [1.29, 1.82) is 0 Å². The van der Waals surface area contributed by atoms with E-state index < -0.39 is 17.4 Å². The zero-order chi connectivity index (χ0) is 17.2. The fraction of sp³-hybridized carbons (Fsp3) is 0.533. The standard InChI is InChI=1S/C8H15NO3.C7H8N2O/c1-8(2,5-10)4-6(9)7(11)12-3;1-3-6-10-7-4-5-8-9(7)2/h5-6H,4,9H2,1-3H3;1,4-5H,6H2,2H3. The summed E-state index contributed by atoms with van der Waals surface area (Å²) in [5.74, 6) is 2.58. The molecule has 1 heterocycles. The summed E-state index contributed by atoms with van der Waals surface area (Å²) in [6, 6.07) is 1.05. The summed E-state index contributed by atoms with van der Waals surface area (Å²) in [5, 5.41) is 3.89. The van der Waals surface area contributed by atoms with Gasteiger partial charge in [-0.3, -0.25) is 4.79 Å². The molecule has 2 N–H and O–H groups in total. The average Bonchev–Trinajstić information content (AvgIpc) is 2.89. The average molecular weight is 309 g/mol. The van der Waals surface area contributed by atoms with Gasteiger partial charge in [-0.2, -0.15) is 5.10 Å². The number of methoxy groups -OCH3 is 1. The zero-order valence-electron chi connectivity index (χ0n) is 13.4. The molecule has 1 unspecified atom stereocenters. The van der Waals surface area contributed by atoms with Crippen molar-refractivity contribution in [2.75, 3.05) is 13.7 Å². The Kier molecular flexibility index (Phi) is 8.56. The molecule has 0 aromatic carbocycles. The van der Waals surface area contributed by atoms with Crippen LogP contribution < -0.4 is 10.5 Å². The normalized spacial score (nSPS) is 11.5. The van der Waals surface area contributed by atoms with E-state index >= 15 is 0 Å². The second kappa shape index (κ2) is 9.58. The predicted octanol–water partition coefficient (Wildman–Crippen LogP) is 0.534. The highest BCUT2D eigenvalue weighted by molar-refractivity contribution is 5.76. The van der Waals surface area contributed by atoms with Gasteiger partial charge in [0.05, 0.1) is 13.3 Å². The van der Waals surface area contributed by atoms with Crippen molar-refractivity contribution in [1.82, 2.24) is 9.78 Å². The molecule has 0 bridgehead atoms. The van der Waals surface area contributed by atoms with Crippen molar-refractivity contribution >= 4 is 12.3 Å². The van der Waals surface area contributed by atoms with E-state index in [-0.39, 0.29) is 0 Å². The Morgan fingerprint density at radius 2 is 2.27 bits per heavy atom. The Morgan fingerprint density at radius 1 is 1.64 bits per heavy atom. The van der Waals surface area contributed by atoms with Gasteiger partial charge in [-0.15, -0.1) is 6.42 Å². The molecule has 0 saturated heterocycles. The Labute approximate surface area is 130 Å². The minimum atomic E-state index is -0.713. The minimum Gasteiger partial charge on any atom is -0.468 e. The molecule has 0 amide bonds. The molecule has 1 rings (SSSR count). The molecule has 7 heteroatoms. The number of rotatable bonds is 6. The van der Waals surface area contributed by atoms with Gasteiger partial charge < -0.3 is 20.0 Å². The molecule has 7 nitrogen and oxygen atoms in total. The van der Waals surface area contributed by atoms with Gasteiger partial charge in [-0.25, -0.2) is 4.68 Å². The highest BCUT2D eigenvalue weighted by Gasteiger charge is 2.25. The lowest BCUT2D eigenvalue weighted by atomic mass is 9.88. The van der Waals surface area contributed by atoms with Crippen LogP contribution in [0.2, 0.25) is 0 Å². The predicted molar refractivity (Wildman–Crippen MR) is 82.0 cm³/mol. The van der Waals surface area contributed by atoms with Gasteiger partial charge in [0.25, 0.3) is 0 Å². The minimum absolute atomic E-state index is 0.291. The number of nitrogens with zero attached hydrogens (tertiary/aromatic N) is 2. The number of carbonyl (C=O) groups is 2. The molecule has 1 aromatic heterocycles. The molecule has 122 valence electrons. The second-order valence-electron chi connectivity index (χ2n) is 5.23. The SMILES string of the molecule is C#CCOc1ccnn1C.COC(=O)C(N)CC(C)(C)C=O. The lowest BCUT2D eigenvalue weighted by molar-refractivity contribution is -0.143. The van der Waals surface area contributed by atoms with Crippen LogP contribution in [0.15, 0.2) is 12.3 Å². The van der Waals surface area contributed by atoms with Crippen LogP contribution in [-0.2, 0) is 21.4 Å². The van der Waals surface area contributed by atoms with E-state index in [9.17, 15) is 9.59 Å². The largest absolute Gasteiger partial charge is 0.468 e. The molecule has 1 aromatic rings. The van der Waals surface area contributed by atoms with E-state index in [2.05, 4.69) is 15.8 Å². The van der Waals surface area contributed by atoms with Gasteiger partial charge in [0.15, 0.2) is 6.61 Å². The van der Waals surface area contributed by atoms with E-state index in [1.807, 2.05) is 0 Å². The van der Waals surface area contributed by atoms with Gasteiger partial charge in [0, 0.05) is 18.5 Å². The Hall–Kier alpha value is -2.33. The third-order valence-corrected chi connectivity index (χ3v) is 2.65. The Balaban J connectivity index is 0.000000406. The van der Waals surface area contributed by atoms with Crippen LogP contribution in [0.5, 0.6) is 5.88 Å². The van der Waals surface area contributed by atoms with E-state index in [0.29, 0.717) is 18.9 Å². The number of terminal acetylenes is 1. The summed E-state index contributed by atoms with van der Waals surface area (Å²) in [6.07, 6.45) is 7.75. The number of ether oxygens (including phenoxy) is 2. The molecule has 0 spiro atoms. The van der Waals surface area contributed by atoms with Crippen LogP contribution in [0.3, 0.4) is 0 Å². The summed E-state index contributed by atoms with van der Waals surface area (Å²) in [5.41, 5.74) is 4.89. The number of esters is 1. The van der Waals surface area contributed by atoms with E-state index in [0.717, 1.165) is 6.29 Å². The van der Waals surface area contributed by atoms with E-state index in [4.69, 9.17) is 16.9 Å². The Morgan fingerprint density at radius 3 is 2.68 bits per heavy atom. The maximum atomic E-state index is 10.8. The highest BCUT2D eigenvalue weighted by Crippen LogP contribution is 2.18. The van der Waals surface area contributed by atoms with Gasteiger partial charge in [-0.05, 0) is 6.42 Å². The molecule has 0 fully saturated rings. The van der Waals surface area contributed by atoms with Crippen molar-refractivity contribution in [3.63, 3.8) is 0 Å². The molecular weight excluding hydrogens is 286 g/mol. The van der Waals surface area contributed by atoms with Crippen LogP contribution in [0.4, 0.5) is 0 Å². The van der Waals surface area contributed by atoms with Crippen LogP contribution in [0.1, 0.15) is 20.3 Å². The summed E-state index contributed by atoms with van der Waals surface area (Å²) in [6.45, 7) is 3.74. The first-order chi connectivity index (χ1) is 10.3. The first-order valence-electron chi connectivity index (χ1n) is 6.61.